The molecule has 0 saturated heterocycles. The van der Waals surface area contributed by atoms with Crippen LogP contribution in [0.5, 0.6) is 11.5 Å². The minimum Gasteiger partial charge on any atom is -0.493 e. The second-order valence-corrected chi connectivity index (χ2v) is 8.20. The van der Waals surface area contributed by atoms with Crippen LogP contribution in [0.1, 0.15) is 30.9 Å². The number of rotatable bonds is 6. The number of nitrogens with zero attached hydrogens (tertiary/aromatic N) is 1. The topological polar surface area (TPSA) is 74.2 Å². The fraction of sp³-hybridized carbons (Fsp3) is 0.190. The monoisotopic (exact) mass is 559 g/mol. The maximum Gasteiger partial charge on any atom is 0.363 e. The second-order valence-electron chi connectivity index (χ2n) is 6.22. The lowest BCUT2D eigenvalue weighted by atomic mass is 10.1. The van der Waals surface area contributed by atoms with Crippen molar-refractivity contribution in [1.29, 1.82) is 0 Å². The quantitative estimate of drug-likeness (QED) is 0.198. The number of halogens is 3. The fourth-order valence-corrected chi connectivity index (χ4v) is 3.64. The summed E-state index contributed by atoms with van der Waals surface area (Å²) in [6, 6.07) is 8.25. The number of esters is 2. The number of carbonyl (C=O) groups excluding carboxylic acids is 2. The Labute approximate surface area is 197 Å². The normalized spacial score (nSPS) is 14.5. The number of carbonyl (C=O) groups is 2. The molecule has 1 aliphatic heterocycles. The first-order valence-corrected chi connectivity index (χ1v) is 10.7. The molecule has 0 unspecified atom stereocenters. The van der Waals surface area contributed by atoms with E-state index in [9.17, 15) is 9.59 Å². The number of hydrogen-bond donors (Lipinski definition) is 0. The Kier molecular flexibility index (Phi) is 7.38. The van der Waals surface area contributed by atoms with Gasteiger partial charge in [0.1, 0.15) is 0 Å². The van der Waals surface area contributed by atoms with Crippen LogP contribution in [0.15, 0.2) is 41.0 Å². The Morgan fingerprint density at radius 1 is 1.23 bits per heavy atom. The third kappa shape index (κ3) is 5.14. The molecule has 0 aliphatic carbocycles. The van der Waals surface area contributed by atoms with E-state index in [0.29, 0.717) is 49.1 Å². The summed E-state index contributed by atoms with van der Waals surface area (Å²) in [5, 5.41) is 0.723. The standard InChI is InChI=1S/C21H16Cl2INO5/c1-3-4-18(26)29-19-15(24)7-11(9-17(19)28-2)8-16-21(27)30-20(25-16)12-5-6-13(22)14(23)10-12/h5-10H,3-4H2,1-2H3/b16-8-. The molecule has 0 amide bonds. The molecule has 1 aliphatic rings. The molecule has 1 heterocycles. The van der Waals surface area contributed by atoms with E-state index in [1.165, 1.54) is 7.11 Å². The van der Waals surface area contributed by atoms with Crippen LogP contribution >= 0.6 is 45.8 Å². The maximum absolute atomic E-state index is 12.3. The van der Waals surface area contributed by atoms with E-state index < -0.39 is 5.97 Å². The molecule has 0 spiro atoms. The molecule has 0 N–H and O–H groups in total. The highest BCUT2D eigenvalue weighted by Gasteiger charge is 2.25. The van der Waals surface area contributed by atoms with Crippen molar-refractivity contribution in [3.05, 3.63) is 60.8 Å². The molecular weight excluding hydrogens is 544 g/mol. The van der Waals surface area contributed by atoms with Gasteiger partial charge in [0.05, 0.1) is 20.7 Å². The molecule has 2 aromatic rings. The van der Waals surface area contributed by atoms with E-state index in [1.54, 1.807) is 36.4 Å². The molecule has 156 valence electrons. The van der Waals surface area contributed by atoms with Crippen LogP contribution in [-0.2, 0) is 14.3 Å². The van der Waals surface area contributed by atoms with E-state index >= 15 is 0 Å². The maximum atomic E-state index is 12.3. The van der Waals surface area contributed by atoms with Crippen LogP contribution in [0, 0.1) is 3.57 Å². The summed E-state index contributed by atoms with van der Waals surface area (Å²) in [7, 11) is 1.48. The number of benzene rings is 2. The SMILES string of the molecule is CCCC(=O)Oc1c(I)cc(/C=C2\N=C(c3ccc(Cl)c(Cl)c3)OC2=O)cc1OC. The van der Waals surface area contributed by atoms with Crippen molar-refractivity contribution in [3.8, 4) is 11.5 Å². The highest BCUT2D eigenvalue weighted by molar-refractivity contribution is 14.1. The predicted molar refractivity (Wildman–Crippen MR) is 123 cm³/mol. The molecule has 0 aromatic heterocycles. The summed E-state index contributed by atoms with van der Waals surface area (Å²) in [6.45, 7) is 1.90. The van der Waals surface area contributed by atoms with Gasteiger partial charge < -0.3 is 14.2 Å². The molecule has 2 aromatic carbocycles. The summed E-state index contributed by atoms with van der Waals surface area (Å²) < 4.78 is 16.7. The number of ether oxygens (including phenoxy) is 3. The number of methoxy groups -OCH3 is 1. The zero-order valence-corrected chi connectivity index (χ0v) is 19.7. The van der Waals surface area contributed by atoms with Crippen LogP contribution in [0.4, 0.5) is 0 Å². The largest absolute Gasteiger partial charge is 0.493 e. The molecule has 30 heavy (non-hydrogen) atoms. The number of cyclic esters (lactones) is 1. The van der Waals surface area contributed by atoms with E-state index in [4.69, 9.17) is 37.4 Å². The molecular formula is C21H16Cl2INO5. The van der Waals surface area contributed by atoms with E-state index in [-0.39, 0.29) is 17.6 Å². The Bertz CT molecular complexity index is 1080. The molecule has 0 fully saturated rings. The van der Waals surface area contributed by atoms with Gasteiger partial charge in [0.2, 0.25) is 5.90 Å². The molecule has 6 nitrogen and oxygen atoms in total. The first-order valence-electron chi connectivity index (χ1n) is 8.88. The number of hydrogen-bond acceptors (Lipinski definition) is 6. The van der Waals surface area contributed by atoms with E-state index in [2.05, 4.69) is 4.99 Å². The van der Waals surface area contributed by atoms with Gasteiger partial charge in [0.15, 0.2) is 17.2 Å². The van der Waals surface area contributed by atoms with Gasteiger partial charge in [-0.15, -0.1) is 0 Å². The highest BCUT2D eigenvalue weighted by Crippen LogP contribution is 2.35. The van der Waals surface area contributed by atoms with E-state index in [1.807, 2.05) is 29.5 Å². The summed E-state index contributed by atoms with van der Waals surface area (Å²) >= 11 is 14.0. The third-order valence-corrected chi connectivity index (χ3v) is 5.55. The van der Waals surface area contributed by atoms with Crippen molar-refractivity contribution in [2.45, 2.75) is 19.8 Å². The second kappa shape index (κ2) is 9.80. The third-order valence-electron chi connectivity index (χ3n) is 4.01. The van der Waals surface area contributed by atoms with Crippen LogP contribution in [0.3, 0.4) is 0 Å². The number of aliphatic imine (C=N–C) groups is 1. The Hall–Kier alpha value is -2.10. The highest BCUT2D eigenvalue weighted by atomic mass is 127. The molecule has 3 rings (SSSR count). The lowest BCUT2D eigenvalue weighted by molar-refractivity contribution is -0.134. The summed E-state index contributed by atoms with van der Waals surface area (Å²) in [6.07, 6.45) is 2.56. The summed E-state index contributed by atoms with van der Waals surface area (Å²) in [5.41, 5.74) is 1.29. The van der Waals surface area contributed by atoms with Gasteiger partial charge in [-0.3, -0.25) is 4.79 Å². The van der Waals surface area contributed by atoms with Crippen LogP contribution < -0.4 is 9.47 Å². The van der Waals surface area contributed by atoms with Crippen LogP contribution in [0.25, 0.3) is 6.08 Å². The van der Waals surface area contributed by atoms with Crippen molar-refractivity contribution in [2.75, 3.05) is 7.11 Å². The lowest BCUT2D eigenvalue weighted by Crippen LogP contribution is -2.09. The van der Waals surface area contributed by atoms with Crippen molar-refractivity contribution in [2.24, 2.45) is 4.99 Å². The Morgan fingerprint density at radius 2 is 2.00 bits per heavy atom. The average molecular weight is 560 g/mol. The van der Waals surface area contributed by atoms with Crippen molar-refractivity contribution in [3.63, 3.8) is 0 Å². The van der Waals surface area contributed by atoms with Crippen molar-refractivity contribution in [1.82, 2.24) is 0 Å². The molecule has 0 radical (unpaired) electrons. The first-order chi connectivity index (χ1) is 14.3. The fourth-order valence-electron chi connectivity index (χ4n) is 2.61. The van der Waals surface area contributed by atoms with Crippen LogP contribution in [0.2, 0.25) is 10.0 Å². The van der Waals surface area contributed by atoms with Crippen LogP contribution in [-0.4, -0.2) is 24.9 Å². The van der Waals surface area contributed by atoms with Gasteiger partial charge >= 0.3 is 11.9 Å². The molecule has 0 atom stereocenters. The summed E-state index contributed by atoms with van der Waals surface area (Å²) in [5.74, 6) is -0.0823. The predicted octanol–water partition coefficient (Wildman–Crippen LogP) is 5.66. The minimum atomic E-state index is -0.594. The first kappa shape index (κ1) is 22.6. The van der Waals surface area contributed by atoms with E-state index in [0.717, 1.165) is 0 Å². The smallest absolute Gasteiger partial charge is 0.363 e. The van der Waals surface area contributed by atoms with Gasteiger partial charge in [-0.25, -0.2) is 9.79 Å². The summed E-state index contributed by atoms with van der Waals surface area (Å²) in [4.78, 5) is 28.4. The van der Waals surface area contributed by atoms with Gasteiger partial charge in [-0.2, -0.15) is 0 Å². The van der Waals surface area contributed by atoms with Gasteiger partial charge in [-0.1, -0.05) is 30.1 Å². The van der Waals surface area contributed by atoms with Gasteiger partial charge in [-0.05, 0) is 71.0 Å². The Balaban J connectivity index is 1.92. The molecule has 0 saturated carbocycles. The zero-order valence-electron chi connectivity index (χ0n) is 16.0. The Morgan fingerprint density at radius 3 is 2.67 bits per heavy atom. The molecule has 9 heteroatoms. The van der Waals surface area contributed by atoms with Gasteiger partial charge in [0, 0.05) is 12.0 Å². The average Bonchev–Trinajstić information content (AvgIpc) is 3.06. The van der Waals surface area contributed by atoms with Gasteiger partial charge in [0.25, 0.3) is 0 Å². The zero-order chi connectivity index (χ0) is 21.8. The van der Waals surface area contributed by atoms with Crippen molar-refractivity contribution < 1.29 is 23.8 Å². The molecule has 0 bridgehead atoms. The lowest BCUT2D eigenvalue weighted by Gasteiger charge is -2.12. The van der Waals surface area contributed by atoms with Crippen molar-refractivity contribution >= 4 is 69.7 Å². The minimum absolute atomic E-state index is 0.115.